The number of alkyl halides is 1. The summed E-state index contributed by atoms with van der Waals surface area (Å²) in [6.07, 6.45) is 1.32. The van der Waals surface area contributed by atoms with Gasteiger partial charge in [0, 0.05) is 23.3 Å². The van der Waals surface area contributed by atoms with Crippen LogP contribution < -0.4 is 4.74 Å². The van der Waals surface area contributed by atoms with Gasteiger partial charge in [0.15, 0.2) is 5.78 Å². The molecule has 0 aromatic heterocycles. The number of ether oxygens (including phenoxy) is 1. The molecule has 2 rings (SSSR count). The number of rotatable bonds is 6. The Balaban J connectivity index is 2.48. The van der Waals surface area contributed by atoms with Gasteiger partial charge in [0.05, 0.1) is 6.61 Å². The highest BCUT2D eigenvalue weighted by Crippen LogP contribution is 2.29. The van der Waals surface area contributed by atoms with Crippen LogP contribution in [0.5, 0.6) is 5.75 Å². The zero-order valence-corrected chi connectivity index (χ0v) is 11.7. The van der Waals surface area contributed by atoms with Crippen LogP contribution in [0.4, 0.5) is 0 Å². The Kier molecular flexibility index (Phi) is 4.80. The summed E-state index contributed by atoms with van der Waals surface area (Å²) < 4.78 is 5.73. The predicted molar refractivity (Wildman–Crippen MR) is 79.4 cm³/mol. The Hall–Kier alpha value is -1.54. The average molecular weight is 277 g/mol. The van der Waals surface area contributed by atoms with Crippen molar-refractivity contribution in [2.75, 3.05) is 12.5 Å². The van der Waals surface area contributed by atoms with Crippen molar-refractivity contribution in [3.63, 3.8) is 0 Å². The van der Waals surface area contributed by atoms with Crippen LogP contribution in [0.25, 0.3) is 10.8 Å². The number of fused-ring (bicyclic) bond motifs is 1. The fourth-order valence-corrected chi connectivity index (χ4v) is 2.24. The summed E-state index contributed by atoms with van der Waals surface area (Å²) in [5.74, 6) is 1.26. The molecule has 0 bridgehead atoms. The van der Waals surface area contributed by atoms with Crippen molar-refractivity contribution in [1.82, 2.24) is 0 Å². The topological polar surface area (TPSA) is 26.3 Å². The molecule has 0 radical (unpaired) electrons. The first-order chi connectivity index (χ1) is 9.27. The SMILES string of the molecule is CCCOc1ccc(C(=O)CCCl)c2ccccc12. The minimum absolute atomic E-state index is 0.0771. The largest absolute Gasteiger partial charge is 0.493 e. The van der Waals surface area contributed by atoms with E-state index in [1.165, 1.54) is 0 Å². The predicted octanol–water partition coefficient (Wildman–Crippen LogP) is 4.44. The number of ketones is 1. The molecule has 0 saturated heterocycles. The monoisotopic (exact) mass is 276 g/mol. The smallest absolute Gasteiger partial charge is 0.164 e. The van der Waals surface area contributed by atoms with Crippen LogP contribution in [0.1, 0.15) is 30.1 Å². The summed E-state index contributed by atoms with van der Waals surface area (Å²) in [5, 5.41) is 1.92. The van der Waals surface area contributed by atoms with E-state index in [2.05, 4.69) is 6.92 Å². The Morgan fingerprint density at radius 3 is 2.58 bits per heavy atom. The van der Waals surface area contributed by atoms with Crippen LogP contribution in [0.3, 0.4) is 0 Å². The van der Waals surface area contributed by atoms with Gasteiger partial charge in [-0.15, -0.1) is 11.6 Å². The van der Waals surface area contributed by atoms with Crippen molar-refractivity contribution in [3.8, 4) is 5.75 Å². The first kappa shape index (κ1) is 13.9. The van der Waals surface area contributed by atoms with Gasteiger partial charge in [-0.25, -0.2) is 0 Å². The lowest BCUT2D eigenvalue weighted by atomic mass is 9.99. The summed E-state index contributed by atoms with van der Waals surface area (Å²) in [4.78, 5) is 12.1. The van der Waals surface area contributed by atoms with Crippen molar-refractivity contribution >= 4 is 28.2 Å². The van der Waals surface area contributed by atoms with Gasteiger partial charge in [0.2, 0.25) is 0 Å². The van der Waals surface area contributed by atoms with Crippen molar-refractivity contribution < 1.29 is 9.53 Å². The highest BCUT2D eigenvalue weighted by atomic mass is 35.5. The Morgan fingerprint density at radius 1 is 1.16 bits per heavy atom. The molecule has 0 heterocycles. The standard InChI is InChI=1S/C16H17ClO2/c1-2-11-19-16-8-7-13(15(18)9-10-17)12-5-3-4-6-14(12)16/h3-8H,2,9-11H2,1H3. The van der Waals surface area contributed by atoms with Crippen LogP contribution >= 0.6 is 11.6 Å². The van der Waals surface area contributed by atoms with E-state index < -0.39 is 0 Å². The van der Waals surface area contributed by atoms with Crippen LogP contribution in [-0.4, -0.2) is 18.3 Å². The molecule has 0 amide bonds. The maximum absolute atomic E-state index is 12.1. The second-order valence-corrected chi connectivity index (χ2v) is 4.75. The lowest BCUT2D eigenvalue weighted by Gasteiger charge is -2.11. The highest BCUT2D eigenvalue weighted by Gasteiger charge is 2.12. The molecule has 0 unspecified atom stereocenters. The third-order valence-corrected chi connectivity index (χ3v) is 3.16. The van der Waals surface area contributed by atoms with Crippen molar-refractivity contribution in [2.24, 2.45) is 0 Å². The normalized spacial score (nSPS) is 10.6. The number of carbonyl (C=O) groups is 1. The zero-order chi connectivity index (χ0) is 13.7. The number of hydrogen-bond donors (Lipinski definition) is 0. The maximum Gasteiger partial charge on any atom is 0.164 e. The van der Waals surface area contributed by atoms with Crippen LogP contribution in [-0.2, 0) is 0 Å². The summed E-state index contributed by atoms with van der Waals surface area (Å²) in [6.45, 7) is 2.75. The molecule has 0 spiro atoms. The molecule has 0 aliphatic carbocycles. The quantitative estimate of drug-likeness (QED) is 0.576. The number of hydrogen-bond acceptors (Lipinski definition) is 2. The van der Waals surface area contributed by atoms with E-state index in [9.17, 15) is 4.79 Å². The fourth-order valence-electron chi connectivity index (χ4n) is 2.07. The van der Waals surface area contributed by atoms with E-state index in [1.807, 2.05) is 36.4 Å². The highest BCUT2D eigenvalue weighted by molar-refractivity contribution is 6.20. The molecule has 2 nitrogen and oxygen atoms in total. The van der Waals surface area contributed by atoms with Crippen molar-refractivity contribution in [2.45, 2.75) is 19.8 Å². The van der Waals surface area contributed by atoms with Gasteiger partial charge < -0.3 is 4.74 Å². The van der Waals surface area contributed by atoms with Gasteiger partial charge in [-0.05, 0) is 23.9 Å². The first-order valence-electron chi connectivity index (χ1n) is 6.51. The van der Waals surface area contributed by atoms with E-state index in [0.717, 1.165) is 28.5 Å². The molecule has 0 N–H and O–H groups in total. The van der Waals surface area contributed by atoms with Crippen molar-refractivity contribution in [1.29, 1.82) is 0 Å². The van der Waals surface area contributed by atoms with Gasteiger partial charge >= 0.3 is 0 Å². The molecule has 0 atom stereocenters. The first-order valence-corrected chi connectivity index (χ1v) is 7.05. The number of benzene rings is 2. The van der Waals surface area contributed by atoms with E-state index in [-0.39, 0.29) is 5.78 Å². The molecule has 2 aromatic rings. The Morgan fingerprint density at radius 2 is 1.89 bits per heavy atom. The van der Waals surface area contributed by atoms with Crippen LogP contribution in [0.15, 0.2) is 36.4 Å². The summed E-state index contributed by atoms with van der Waals surface area (Å²) in [7, 11) is 0. The number of halogens is 1. The molecule has 100 valence electrons. The zero-order valence-electron chi connectivity index (χ0n) is 11.0. The van der Waals surface area contributed by atoms with E-state index in [4.69, 9.17) is 16.3 Å². The van der Waals surface area contributed by atoms with Gasteiger partial charge in [0.1, 0.15) is 5.75 Å². The van der Waals surface area contributed by atoms with Crippen molar-refractivity contribution in [3.05, 3.63) is 42.0 Å². The molecule has 19 heavy (non-hydrogen) atoms. The molecule has 0 fully saturated rings. The van der Waals surface area contributed by atoms with Gasteiger partial charge in [-0.1, -0.05) is 31.2 Å². The molecular weight excluding hydrogens is 260 g/mol. The average Bonchev–Trinajstić information content (AvgIpc) is 2.45. The third-order valence-electron chi connectivity index (χ3n) is 2.97. The molecular formula is C16H17ClO2. The lowest BCUT2D eigenvalue weighted by Crippen LogP contribution is -2.02. The molecule has 0 aliphatic rings. The number of carbonyl (C=O) groups excluding carboxylic acids is 1. The Bertz CT molecular complexity index is 578. The van der Waals surface area contributed by atoms with Gasteiger partial charge in [0.25, 0.3) is 0 Å². The summed E-state index contributed by atoms with van der Waals surface area (Å²) in [6, 6.07) is 11.5. The molecule has 0 saturated carbocycles. The Labute approximate surface area is 118 Å². The maximum atomic E-state index is 12.1. The molecule has 2 aromatic carbocycles. The van der Waals surface area contributed by atoms with Crippen LogP contribution in [0.2, 0.25) is 0 Å². The van der Waals surface area contributed by atoms with Crippen LogP contribution in [0, 0.1) is 0 Å². The lowest BCUT2D eigenvalue weighted by molar-refractivity contribution is 0.0991. The fraction of sp³-hybridized carbons (Fsp3) is 0.312. The van der Waals surface area contributed by atoms with E-state index in [0.29, 0.717) is 18.9 Å². The molecule has 3 heteroatoms. The molecule has 0 aliphatic heterocycles. The number of Topliss-reactive ketones (excluding diaryl/α,β-unsaturated/α-hetero) is 1. The minimum atomic E-state index is 0.0771. The third kappa shape index (κ3) is 3.07. The van der Waals surface area contributed by atoms with E-state index >= 15 is 0 Å². The second kappa shape index (κ2) is 6.58. The van der Waals surface area contributed by atoms with Gasteiger partial charge in [-0.3, -0.25) is 4.79 Å². The van der Waals surface area contributed by atoms with Gasteiger partial charge in [-0.2, -0.15) is 0 Å². The van der Waals surface area contributed by atoms with E-state index in [1.54, 1.807) is 0 Å². The summed E-state index contributed by atoms with van der Waals surface area (Å²) >= 11 is 5.65. The minimum Gasteiger partial charge on any atom is -0.493 e. The summed E-state index contributed by atoms with van der Waals surface area (Å²) in [5.41, 5.74) is 0.722. The second-order valence-electron chi connectivity index (χ2n) is 4.37.